The Bertz CT molecular complexity index is 783. The van der Waals surface area contributed by atoms with Gasteiger partial charge in [0.2, 0.25) is 0 Å². The van der Waals surface area contributed by atoms with E-state index in [9.17, 15) is 30.7 Å². The zero-order chi connectivity index (χ0) is 24.2. The van der Waals surface area contributed by atoms with Gasteiger partial charge in [-0.05, 0) is 35.1 Å². The molecule has 0 radical (unpaired) electrons. The molecule has 6 nitrogen and oxygen atoms in total. The Morgan fingerprint density at radius 2 is 1.48 bits per heavy atom. The van der Waals surface area contributed by atoms with Crippen LogP contribution in [0, 0.1) is 5.82 Å². The average Bonchev–Trinajstić information content (AvgIpc) is 2.80. The van der Waals surface area contributed by atoms with Crippen LogP contribution >= 0.6 is 0 Å². The molecular formula is C18H21F7N2O4. The van der Waals surface area contributed by atoms with Gasteiger partial charge in [0.25, 0.3) is 0 Å². The molecule has 2 aliphatic heterocycles. The number of rotatable bonds is 0. The second-order valence-electron chi connectivity index (χ2n) is 7.36. The lowest BCUT2D eigenvalue weighted by atomic mass is 9.76. The number of nitrogens with one attached hydrogen (secondary N) is 1. The van der Waals surface area contributed by atoms with Crippen LogP contribution in [0.4, 0.5) is 36.4 Å². The van der Waals surface area contributed by atoms with Crippen molar-refractivity contribution >= 4 is 17.6 Å². The van der Waals surface area contributed by atoms with E-state index in [4.69, 9.17) is 19.8 Å². The number of carbonyl (C=O) groups is 2. The average molecular weight is 462 g/mol. The molecule has 0 bridgehead atoms. The van der Waals surface area contributed by atoms with Crippen molar-refractivity contribution in [3.05, 3.63) is 29.1 Å². The van der Waals surface area contributed by atoms with Gasteiger partial charge in [-0.3, -0.25) is 0 Å². The van der Waals surface area contributed by atoms with E-state index in [1.807, 2.05) is 0 Å². The Morgan fingerprint density at radius 1 is 1.00 bits per heavy atom. The molecule has 0 fully saturated rings. The summed E-state index contributed by atoms with van der Waals surface area (Å²) in [7, 11) is 0. The highest BCUT2D eigenvalue weighted by Gasteiger charge is 2.39. The van der Waals surface area contributed by atoms with Crippen molar-refractivity contribution < 1.29 is 50.5 Å². The minimum atomic E-state index is -5.08. The number of alkyl halides is 6. The topological polar surface area (TPSA) is 89.9 Å². The number of hydrogen-bond donors (Lipinski definition) is 3. The Morgan fingerprint density at radius 3 is 1.94 bits per heavy atom. The van der Waals surface area contributed by atoms with Crippen LogP contribution < -0.4 is 10.2 Å². The molecule has 31 heavy (non-hydrogen) atoms. The molecule has 0 aromatic heterocycles. The van der Waals surface area contributed by atoms with Crippen LogP contribution in [0.5, 0.6) is 0 Å². The molecule has 0 saturated carbocycles. The molecule has 0 unspecified atom stereocenters. The summed E-state index contributed by atoms with van der Waals surface area (Å²) in [5, 5.41) is 17.6. The van der Waals surface area contributed by atoms with Crippen LogP contribution in [0.3, 0.4) is 0 Å². The number of halogens is 7. The Hall–Kier alpha value is -2.57. The van der Waals surface area contributed by atoms with Gasteiger partial charge in [0.1, 0.15) is 5.82 Å². The summed E-state index contributed by atoms with van der Waals surface area (Å²) in [5.41, 5.74) is 3.67. The first-order chi connectivity index (χ1) is 14.0. The van der Waals surface area contributed by atoms with Crippen molar-refractivity contribution in [3.8, 4) is 0 Å². The first-order valence-electron chi connectivity index (χ1n) is 8.85. The van der Waals surface area contributed by atoms with Gasteiger partial charge in [0.15, 0.2) is 0 Å². The normalized spacial score (nSPS) is 17.1. The first-order valence-corrected chi connectivity index (χ1v) is 8.85. The van der Waals surface area contributed by atoms with Crippen LogP contribution in [0.1, 0.15) is 31.4 Å². The van der Waals surface area contributed by atoms with Crippen LogP contribution in [0.15, 0.2) is 12.1 Å². The monoisotopic (exact) mass is 462 g/mol. The van der Waals surface area contributed by atoms with E-state index < -0.39 is 24.3 Å². The van der Waals surface area contributed by atoms with Gasteiger partial charge in [0, 0.05) is 31.9 Å². The minimum absolute atomic E-state index is 0.0903. The number of anilines is 1. The third-order valence-corrected chi connectivity index (χ3v) is 4.56. The molecular weight excluding hydrogens is 441 g/mol. The molecule has 1 aromatic carbocycles. The summed E-state index contributed by atoms with van der Waals surface area (Å²) >= 11 is 0. The molecule has 176 valence electrons. The molecule has 0 aliphatic carbocycles. The molecule has 0 amide bonds. The molecule has 13 heteroatoms. The smallest absolute Gasteiger partial charge is 0.475 e. The van der Waals surface area contributed by atoms with Gasteiger partial charge in [-0.2, -0.15) is 26.3 Å². The zero-order valence-electron chi connectivity index (χ0n) is 16.5. The summed E-state index contributed by atoms with van der Waals surface area (Å²) in [4.78, 5) is 20.2. The molecule has 1 aromatic rings. The lowest BCUT2D eigenvalue weighted by molar-refractivity contribution is -0.193. The Labute approximate surface area is 172 Å². The fraction of sp³-hybridized carbons (Fsp3) is 0.556. The Kier molecular flexibility index (Phi) is 8.29. The van der Waals surface area contributed by atoms with Gasteiger partial charge in [-0.1, -0.05) is 13.8 Å². The third kappa shape index (κ3) is 7.56. The quantitative estimate of drug-likeness (QED) is 0.510. The molecule has 0 spiro atoms. The Balaban J connectivity index is 0.000000288. The molecule has 2 aliphatic rings. The molecule has 0 atom stereocenters. The standard InChI is InChI=1S/C14H19FN2.2C2HF3O2/c1-14(2)3-5-17-6-4-16-9-10-7-11(15)8-12(14)13(10)17;2*3-2(4,5)1(6)7/h7-8,16H,3-6,9H2,1-2H3;2*(H,6,7). The molecule has 0 saturated heterocycles. The van der Waals surface area contributed by atoms with E-state index in [2.05, 4.69) is 24.1 Å². The van der Waals surface area contributed by atoms with E-state index in [1.165, 1.54) is 11.3 Å². The largest absolute Gasteiger partial charge is 0.490 e. The van der Waals surface area contributed by atoms with Crippen molar-refractivity contribution in [2.24, 2.45) is 0 Å². The predicted octanol–water partition coefficient (Wildman–Crippen LogP) is 3.68. The van der Waals surface area contributed by atoms with Crippen molar-refractivity contribution in [1.29, 1.82) is 0 Å². The maximum absolute atomic E-state index is 13.7. The van der Waals surface area contributed by atoms with Gasteiger partial charge in [0.05, 0.1) is 0 Å². The van der Waals surface area contributed by atoms with Crippen LogP contribution in [0.25, 0.3) is 0 Å². The first kappa shape index (κ1) is 26.5. The van der Waals surface area contributed by atoms with E-state index >= 15 is 0 Å². The van der Waals surface area contributed by atoms with E-state index in [0.717, 1.165) is 38.2 Å². The summed E-state index contributed by atoms with van der Waals surface area (Å²) in [6.45, 7) is 8.32. The summed E-state index contributed by atoms with van der Waals surface area (Å²) in [6.07, 6.45) is -9.07. The van der Waals surface area contributed by atoms with E-state index in [1.54, 1.807) is 12.1 Å². The fourth-order valence-electron chi connectivity index (χ4n) is 3.00. The van der Waals surface area contributed by atoms with Crippen LogP contribution in [0.2, 0.25) is 0 Å². The second kappa shape index (κ2) is 9.71. The zero-order valence-corrected chi connectivity index (χ0v) is 16.5. The number of hydrogen-bond acceptors (Lipinski definition) is 4. The minimum Gasteiger partial charge on any atom is -0.475 e. The van der Waals surface area contributed by atoms with Gasteiger partial charge >= 0.3 is 24.3 Å². The predicted molar refractivity (Wildman–Crippen MR) is 95.3 cm³/mol. The van der Waals surface area contributed by atoms with Gasteiger partial charge in [-0.15, -0.1) is 0 Å². The van der Waals surface area contributed by atoms with Crippen LogP contribution in [-0.2, 0) is 21.5 Å². The van der Waals surface area contributed by atoms with E-state index in [0.29, 0.717) is 0 Å². The summed E-state index contributed by atoms with van der Waals surface area (Å²) in [5.74, 6) is -5.61. The van der Waals surface area contributed by atoms with Crippen LogP contribution in [-0.4, -0.2) is 54.1 Å². The SMILES string of the molecule is CC1(C)CCN2CCNCc3cc(F)cc1c32.O=C(O)C(F)(F)F.O=C(O)C(F)(F)F. The molecule has 3 rings (SSSR count). The fourth-order valence-corrected chi connectivity index (χ4v) is 3.00. The highest BCUT2D eigenvalue weighted by molar-refractivity contribution is 5.73. The van der Waals surface area contributed by atoms with Gasteiger partial charge in [-0.25, -0.2) is 14.0 Å². The van der Waals surface area contributed by atoms with Crippen molar-refractivity contribution in [1.82, 2.24) is 5.32 Å². The third-order valence-electron chi connectivity index (χ3n) is 4.56. The molecule has 3 N–H and O–H groups in total. The van der Waals surface area contributed by atoms with Crippen molar-refractivity contribution in [3.63, 3.8) is 0 Å². The van der Waals surface area contributed by atoms with Crippen molar-refractivity contribution in [2.45, 2.75) is 44.6 Å². The molecule has 2 heterocycles. The summed E-state index contributed by atoms with van der Waals surface area (Å²) < 4.78 is 77.2. The highest BCUT2D eigenvalue weighted by atomic mass is 19.4. The summed E-state index contributed by atoms with van der Waals surface area (Å²) in [6, 6.07) is 3.42. The maximum Gasteiger partial charge on any atom is 0.490 e. The maximum atomic E-state index is 13.7. The van der Waals surface area contributed by atoms with Gasteiger partial charge < -0.3 is 20.4 Å². The number of carboxylic acid groups (broad SMARTS) is 2. The number of aliphatic carboxylic acids is 2. The number of benzene rings is 1. The second-order valence-corrected chi connectivity index (χ2v) is 7.36. The van der Waals surface area contributed by atoms with E-state index in [-0.39, 0.29) is 11.2 Å². The lowest BCUT2D eigenvalue weighted by Crippen LogP contribution is -2.39. The van der Waals surface area contributed by atoms with Crippen molar-refractivity contribution in [2.75, 3.05) is 24.5 Å². The lowest BCUT2D eigenvalue weighted by Gasteiger charge is -2.40. The number of carboxylic acids is 2. The highest BCUT2D eigenvalue weighted by Crippen LogP contribution is 2.42. The number of nitrogens with zero attached hydrogens (tertiary/aromatic N) is 1.